The molecule has 0 saturated heterocycles. The molecule has 0 saturated carbocycles. The summed E-state index contributed by atoms with van der Waals surface area (Å²) in [6.45, 7) is 4.70. The Balaban J connectivity index is 0.956. The molecule has 1 aliphatic heterocycles. The maximum absolute atomic E-state index is 6.62. The molecule has 9 aromatic carbocycles. The van der Waals surface area contributed by atoms with E-state index >= 15 is 0 Å². The number of benzene rings is 9. The van der Waals surface area contributed by atoms with Crippen molar-refractivity contribution in [3.8, 4) is 27.9 Å². The van der Waals surface area contributed by atoms with Crippen molar-refractivity contribution in [2.45, 2.75) is 25.4 Å². The number of anilines is 1. The van der Waals surface area contributed by atoms with Crippen LogP contribution in [0.15, 0.2) is 204 Å². The van der Waals surface area contributed by atoms with Crippen LogP contribution in [-0.2, 0) is 5.41 Å². The van der Waals surface area contributed by atoms with Gasteiger partial charge in [-0.25, -0.2) is 4.99 Å². The largest absolute Gasteiger partial charge is 0.456 e. The predicted octanol–water partition coefficient (Wildman–Crippen LogP) is 16.0. The summed E-state index contributed by atoms with van der Waals surface area (Å²) >= 11 is 1.86. The number of rotatable bonds is 5. The monoisotopic (exact) mass is 837 g/mol. The molecule has 1 atom stereocenters. The lowest BCUT2D eigenvalue weighted by Gasteiger charge is -2.41. The van der Waals surface area contributed by atoms with E-state index in [2.05, 4.69) is 217 Å². The standard InChI is InChI=1S/C59H39N3OS/c1-59(2)45-22-9-6-19-41(45)54-42(21-12-23-46(54)59)58-60-57(35-15-4-3-5-16-35)62(58)49-26-14-28-53-56(49)44-33-36(29-32-52(44)64-53)38-20-13-27-51-55(38)43-34-37(30-31-50(43)63-51)61-47-24-10-7-17-39(47)40-18-8-11-25-48(40)61/h3-34,57H,1-2H3. The summed E-state index contributed by atoms with van der Waals surface area (Å²) in [6.07, 6.45) is -0.157. The van der Waals surface area contributed by atoms with E-state index in [0.717, 1.165) is 44.6 Å². The van der Waals surface area contributed by atoms with Crippen LogP contribution in [0, 0.1) is 0 Å². The number of hydrogen-bond donors (Lipinski definition) is 0. The molecule has 0 spiro atoms. The second-order valence-corrected chi connectivity index (χ2v) is 18.9. The zero-order chi connectivity index (χ0) is 42.3. The molecule has 4 nitrogen and oxygen atoms in total. The topological polar surface area (TPSA) is 33.7 Å². The summed E-state index contributed by atoms with van der Waals surface area (Å²) in [7, 11) is 0. The van der Waals surface area contributed by atoms with Gasteiger partial charge >= 0.3 is 0 Å². The molecule has 12 aromatic rings. The molecule has 0 bridgehead atoms. The van der Waals surface area contributed by atoms with Crippen molar-refractivity contribution >= 4 is 86.8 Å². The highest BCUT2D eigenvalue weighted by Gasteiger charge is 2.42. The van der Waals surface area contributed by atoms with E-state index in [1.165, 1.54) is 81.0 Å². The van der Waals surface area contributed by atoms with Gasteiger partial charge in [-0.15, -0.1) is 11.3 Å². The molecule has 1 unspecified atom stereocenters. The molecule has 0 fully saturated rings. The molecular formula is C59H39N3OS. The predicted molar refractivity (Wildman–Crippen MR) is 269 cm³/mol. The first-order chi connectivity index (χ1) is 31.5. The highest BCUT2D eigenvalue weighted by molar-refractivity contribution is 7.26. The lowest BCUT2D eigenvalue weighted by atomic mass is 9.82. The molecule has 3 aromatic heterocycles. The molecule has 0 radical (unpaired) electrons. The molecule has 5 heteroatoms. The maximum Gasteiger partial charge on any atom is 0.155 e. The van der Waals surface area contributed by atoms with Gasteiger partial charge in [0.1, 0.15) is 17.0 Å². The van der Waals surface area contributed by atoms with Crippen LogP contribution in [0.25, 0.3) is 91.9 Å². The summed E-state index contributed by atoms with van der Waals surface area (Å²) in [5.41, 5.74) is 16.3. The first kappa shape index (κ1) is 35.8. The Morgan fingerprint density at radius 3 is 2.06 bits per heavy atom. The van der Waals surface area contributed by atoms with Gasteiger partial charge < -0.3 is 8.98 Å². The maximum atomic E-state index is 6.62. The van der Waals surface area contributed by atoms with E-state index in [0.29, 0.717) is 0 Å². The van der Waals surface area contributed by atoms with Crippen LogP contribution in [0.1, 0.15) is 42.3 Å². The molecule has 302 valence electrons. The average Bonchev–Trinajstić information content (AvgIpc) is 4.06. The van der Waals surface area contributed by atoms with Crippen LogP contribution in [0.4, 0.5) is 5.69 Å². The van der Waals surface area contributed by atoms with E-state index in [9.17, 15) is 0 Å². The van der Waals surface area contributed by atoms with Gasteiger partial charge in [0.25, 0.3) is 0 Å². The van der Waals surface area contributed by atoms with Crippen LogP contribution in [0.3, 0.4) is 0 Å². The number of hydrogen-bond acceptors (Lipinski definition) is 4. The Morgan fingerprint density at radius 2 is 1.22 bits per heavy atom. The Bertz CT molecular complexity index is 3910. The number of fused-ring (bicyclic) bond motifs is 12. The SMILES string of the molecule is CC1(C)c2ccccc2-c2c(C3=NC(c4ccccc4)N3c3cccc4sc5ccc(-c6cccc7oc8ccc(-n9c%10ccccc%10c%10ccccc%109)cc8c67)cc5c34)cccc21. The molecule has 14 rings (SSSR count). The Hall–Kier alpha value is -7.73. The molecular weight excluding hydrogens is 799 g/mol. The number of nitrogens with zero attached hydrogens (tertiary/aromatic N) is 3. The van der Waals surface area contributed by atoms with Gasteiger partial charge in [0.05, 0.1) is 16.7 Å². The summed E-state index contributed by atoms with van der Waals surface area (Å²) < 4.78 is 11.5. The molecule has 2 aliphatic rings. The highest BCUT2D eigenvalue weighted by atomic mass is 32.1. The summed E-state index contributed by atoms with van der Waals surface area (Å²) in [5.74, 6) is 1.01. The van der Waals surface area contributed by atoms with Gasteiger partial charge in [-0.3, -0.25) is 4.90 Å². The number of para-hydroxylation sites is 2. The Kier molecular flexibility index (Phi) is 7.36. The quantitative estimate of drug-likeness (QED) is 0.173. The third kappa shape index (κ3) is 4.90. The van der Waals surface area contributed by atoms with Gasteiger partial charge in [0.2, 0.25) is 0 Å². The molecule has 1 aliphatic carbocycles. The number of thiophene rings is 1. The van der Waals surface area contributed by atoms with E-state index in [1.54, 1.807) is 0 Å². The highest BCUT2D eigenvalue weighted by Crippen LogP contribution is 2.53. The van der Waals surface area contributed by atoms with Crippen molar-refractivity contribution < 1.29 is 4.42 Å². The van der Waals surface area contributed by atoms with Crippen molar-refractivity contribution in [3.05, 3.63) is 216 Å². The Labute approximate surface area is 373 Å². The minimum absolute atomic E-state index is 0.106. The van der Waals surface area contributed by atoms with Gasteiger partial charge in [-0.05, 0) is 99.6 Å². The molecule has 0 N–H and O–H groups in total. The van der Waals surface area contributed by atoms with Crippen LogP contribution < -0.4 is 4.90 Å². The van der Waals surface area contributed by atoms with E-state index < -0.39 is 0 Å². The van der Waals surface area contributed by atoms with Gasteiger partial charge in [0, 0.05) is 58.4 Å². The average molecular weight is 838 g/mol. The first-order valence-electron chi connectivity index (χ1n) is 22.1. The van der Waals surface area contributed by atoms with Gasteiger partial charge in [0.15, 0.2) is 6.17 Å². The van der Waals surface area contributed by atoms with Crippen molar-refractivity contribution in [2.24, 2.45) is 4.99 Å². The lowest BCUT2D eigenvalue weighted by Crippen LogP contribution is -2.44. The van der Waals surface area contributed by atoms with Crippen molar-refractivity contribution in [3.63, 3.8) is 0 Å². The summed E-state index contributed by atoms with van der Waals surface area (Å²) in [5, 5.41) is 7.23. The number of aromatic nitrogens is 1. The van der Waals surface area contributed by atoms with E-state index in [4.69, 9.17) is 9.41 Å². The fraction of sp³-hybridized carbons (Fsp3) is 0.0678. The fourth-order valence-corrected chi connectivity index (χ4v) is 12.2. The second-order valence-electron chi connectivity index (χ2n) is 17.8. The van der Waals surface area contributed by atoms with Crippen LogP contribution in [0.2, 0.25) is 0 Å². The third-order valence-electron chi connectivity index (χ3n) is 14.0. The number of amidine groups is 1. The van der Waals surface area contributed by atoms with Crippen molar-refractivity contribution in [1.29, 1.82) is 0 Å². The second kappa shape index (κ2) is 13.1. The zero-order valence-corrected chi connectivity index (χ0v) is 36.0. The molecule has 64 heavy (non-hydrogen) atoms. The van der Waals surface area contributed by atoms with Gasteiger partial charge in [-0.2, -0.15) is 0 Å². The Morgan fingerprint density at radius 1 is 0.516 bits per heavy atom. The van der Waals surface area contributed by atoms with Crippen LogP contribution in [-0.4, -0.2) is 10.4 Å². The fourth-order valence-electron chi connectivity index (χ4n) is 11.1. The smallest absolute Gasteiger partial charge is 0.155 e. The van der Waals surface area contributed by atoms with Crippen LogP contribution >= 0.6 is 11.3 Å². The van der Waals surface area contributed by atoms with Gasteiger partial charge in [-0.1, -0.05) is 147 Å². The summed E-state index contributed by atoms with van der Waals surface area (Å²) in [6, 6.07) is 70.8. The van der Waals surface area contributed by atoms with Crippen molar-refractivity contribution in [2.75, 3.05) is 4.90 Å². The number of furan rings is 1. The minimum atomic E-state index is -0.157. The minimum Gasteiger partial charge on any atom is -0.456 e. The third-order valence-corrected chi connectivity index (χ3v) is 15.2. The zero-order valence-electron chi connectivity index (χ0n) is 35.2. The normalized spacial score (nSPS) is 15.4. The van der Waals surface area contributed by atoms with Crippen molar-refractivity contribution in [1.82, 2.24) is 4.57 Å². The summed E-state index contributed by atoms with van der Waals surface area (Å²) in [4.78, 5) is 8.00. The number of aliphatic imine (C=N–C) groups is 1. The molecule has 4 heterocycles. The first-order valence-corrected chi connectivity index (χ1v) is 22.9. The van der Waals surface area contributed by atoms with Crippen LogP contribution in [0.5, 0.6) is 0 Å². The lowest BCUT2D eigenvalue weighted by molar-refractivity contribution is 0.660. The van der Waals surface area contributed by atoms with E-state index in [1.807, 2.05) is 11.3 Å². The van der Waals surface area contributed by atoms with E-state index in [-0.39, 0.29) is 11.6 Å². The molecule has 0 amide bonds.